The van der Waals surface area contributed by atoms with E-state index in [1.54, 1.807) is 11.0 Å². The second-order valence-corrected chi connectivity index (χ2v) is 7.73. The molecule has 0 atom stereocenters. The van der Waals surface area contributed by atoms with E-state index in [1.165, 1.54) is 10.6 Å². The molecule has 142 valence electrons. The summed E-state index contributed by atoms with van der Waals surface area (Å²) in [5.41, 5.74) is 1.24. The summed E-state index contributed by atoms with van der Waals surface area (Å²) >= 11 is 0. The third-order valence-electron chi connectivity index (χ3n) is 6.13. The number of hydrogen-bond acceptors (Lipinski definition) is 4. The molecule has 0 radical (unpaired) electrons. The zero-order chi connectivity index (χ0) is 19.0. The SMILES string of the molecule is Cc1cccc2ncc(C(=O)N3CCC4(CCNC(=O)CC4)CC3)c(=O)n12. The Morgan fingerprint density at radius 3 is 2.70 bits per heavy atom. The third kappa shape index (κ3) is 3.22. The first-order valence-corrected chi connectivity index (χ1v) is 9.53. The lowest BCUT2D eigenvalue weighted by atomic mass is 9.73. The molecule has 4 rings (SSSR count). The summed E-state index contributed by atoms with van der Waals surface area (Å²) in [5.74, 6) is -0.126. The molecule has 0 unspecified atom stereocenters. The lowest BCUT2D eigenvalue weighted by Gasteiger charge is -2.41. The largest absolute Gasteiger partial charge is 0.356 e. The number of aryl methyl sites for hydroxylation is 1. The number of nitrogens with one attached hydrogen (secondary N) is 1. The van der Waals surface area contributed by atoms with Crippen molar-refractivity contribution >= 4 is 17.5 Å². The van der Waals surface area contributed by atoms with Crippen LogP contribution in [0.3, 0.4) is 0 Å². The molecule has 2 aromatic rings. The summed E-state index contributed by atoms with van der Waals surface area (Å²) in [6.07, 6.45) is 5.53. The van der Waals surface area contributed by atoms with Gasteiger partial charge in [0.05, 0.1) is 0 Å². The number of pyridine rings is 1. The van der Waals surface area contributed by atoms with Crippen molar-refractivity contribution in [1.29, 1.82) is 0 Å². The maximum atomic E-state index is 13.0. The van der Waals surface area contributed by atoms with Crippen molar-refractivity contribution in [3.63, 3.8) is 0 Å². The number of piperidine rings is 1. The second kappa shape index (κ2) is 6.79. The molecule has 0 saturated carbocycles. The molecule has 0 bridgehead atoms. The molecular weight excluding hydrogens is 344 g/mol. The van der Waals surface area contributed by atoms with Crippen molar-refractivity contribution < 1.29 is 9.59 Å². The van der Waals surface area contributed by atoms with E-state index < -0.39 is 0 Å². The van der Waals surface area contributed by atoms with Gasteiger partial charge >= 0.3 is 0 Å². The number of nitrogens with zero attached hydrogens (tertiary/aromatic N) is 3. The number of carbonyl (C=O) groups excluding carboxylic acids is 2. The van der Waals surface area contributed by atoms with E-state index in [0.717, 1.165) is 31.4 Å². The molecule has 2 aliphatic heterocycles. The smallest absolute Gasteiger partial charge is 0.270 e. The van der Waals surface area contributed by atoms with E-state index in [2.05, 4.69) is 10.3 Å². The van der Waals surface area contributed by atoms with Crippen LogP contribution < -0.4 is 10.9 Å². The average molecular weight is 368 g/mol. The van der Waals surface area contributed by atoms with E-state index in [0.29, 0.717) is 31.7 Å². The van der Waals surface area contributed by atoms with Gasteiger partial charge in [-0.25, -0.2) is 4.98 Å². The van der Waals surface area contributed by atoms with E-state index in [1.807, 2.05) is 19.1 Å². The Labute approximate surface area is 157 Å². The summed E-state index contributed by atoms with van der Waals surface area (Å²) in [6.45, 7) is 3.77. The highest BCUT2D eigenvalue weighted by atomic mass is 16.2. The number of carbonyl (C=O) groups is 2. The van der Waals surface area contributed by atoms with Crippen LogP contribution in [0.15, 0.2) is 29.2 Å². The van der Waals surface area contributed by atoms with Crippen molar-refractivity contribution in [3.05, 3.63) is 46.0 Å². The molecule has 2 aromatic heterocycles. The standard InChI is InChI=1S/C20H24N4O3/c1-14-3-2-4-16-22-13-15(19(27)24(14)16)18(26)23-11-8-20(9-12-23)6-5-17(25)21-10-7-20/h2-4,13H,5-12H2,1H3,(H,21,25). The minimum atomic E-state index is -0.312. The maximum Gasteiger partial charge on any atom is 0.270 e. The Bertz CT molecular complexity index is 957. The van der Waals surface area contributed by atoms with Gasteiger partial charge < -0.3 is 10.2 Å². The van der Waals surface area contributed by atoms with Crippen LogP contribution in [0.25, 0.3) is 5.65 Å². The van der Waals surface area contributed by atoms with Crippen molar-refractivity contribution in [2.75, 3.05) is 19.6 Å². The number of fused-ring (bicyclic) bond motifs is 1. The van der Waals surface area contributed by atoms with Gasteiger partial charge in [-0.3, -0.25) is 18.8 Å². The molecule has 0 aliphatic carbocycles. The molecule has 7 heteroatoms. The van der Waals surface area contributed by atoms with E-state index in [9.17, 15) is 14.4 Å². The molecule has 4 heterocycles. The molecular formula is C20H24N4O3. The van der Waals surface area contributed by atoms with Crippen LogP contribution in [0, 0.1) is 12.3 Å². The van der Waals surface area contributed by atoms with Crippen LogP contribution in [0.2, 0.25) is 0 Å². The highest BCUT2D eigenvalue weighted by molar-refractivity contribution is 5.93. The van der Waals surface area contributed by atoms with E-state index in [-0.39, 0.29) is 28.4 Å². The highest BCUT2D eigenvalue weighted by Gasteiger charge is 2.37. The predicted octanol–water partition coefficient (Wildman–Crippen LogP) is 1.53. The highest BCUT2D eigenvalue weighted by Crippen LogP contribution is 2.40. The van der Waals surface area contributed by atoms with Crippen molar-refractivity contribution in [1.82, 2.24) is 19.6 Å². The molecule has 1 spiro atoms. The Morgan fingerprint density at radius 1 is 1.15 bits per heavy atom. The molecule has 27 heavy (non-hydrogen) atoms. The van der Waals surface area contributed by atoms with Gasteiger partial charge in [-0.2, -0.15) is 0 Å². The van der Waals surface area contributed by atoms with Crippen LogP contribution >= 0.6 is 0 Å². The molecule has 0 aromatic carbocycles. The van der Waals surface area contributed by atoms with Crippen LogP contribution in [-0.2, 0) is 4.79 Å². The summed E-state index contributed by atoms with van der Waals surface area (Å²) < 4.78 is 1.49. The third-order valence-corrected chi connectivity index (χ3v) is 6.13. The fourth-order valence-electron chi connectivity index (χ4n) is 4.33. The van der Waals surface area contributed by atoms with Gasteiger partial charge in [0.1, 0.15) is 11.2 Å². The Morgan fingerprint density at radius 2 is 1.93 bits per heavy atom. The lowest BCUT2D eigenvalue weighted by molar-refractivity contribution is -0.121. The Kier molecular flexibility index (Phi) is 4.45. The number of rotatable bonds is 1. The topological polar surface area (TPSA) is 83.8 Å². The molecule has 2 amide bonds. The first kappa shape index (κ1) is 17.7. The molecule has 2 aliphatic rings. The summed E-state index contributed by atoms with van der Waals surface area (Å²) in [5, 5.41) is 2.93. The van der Waals surface area contributed by atoms with Crippen molar-refractivity contribution in [2.24, 2.45) is 5.41 Å². The fourth-order valence-corrected chi connectivity index (χ4v) is 4.33. The van der Waals surface area contributed by atoms with Gasteiger partial charge in [0.2, 0.25) is 5.91 Å². The molecule has 2 fully saturated rings. The van der Waals surface area contributed by atoms with E-state index in [4.69, 9.17) is 0 Å². The van der Waals surface area contributed by atoms with E-state index >= 15 is 0 Å². The Hall–Kier alpha value is -2.70. The fraction of sp³-hybridized carbons (Fsp3) is 0.500. The zero-order valence-corrected chi connectivity index (χ0v) is 15.5. The number of aromatic nitrogens is 2. The zero-order valence-electron chi connectivity index (χ0n) is 15.5. The van der Waals surface area contributed by atoms with Gasteiger partial charge in [-0.05, 0) is 50.2 Å². The summed E-state index contributed by atoms with van der Waals surface area (Å²) in [7, 11) is 0. The molecule has 1 N–H and O–H groups in total. The first-order valence-electron chi connectivity index (χ1n) is 9.53. The van der Waals surface area contributed by atoms with Gasteiger partial charge in [0.15, 0.2) is 0 Å². The molecule has 7 nitrogen and oxygen atoms in total. The molecule has 2 saturated heterocycles. The van der Waals surface area contributed by atoms with Gasteiger partial charge in [-0.15, -0.1) is 0 Å². The number of hydrogen-bond donors (Lipinski definition) is 1. The monoisotopic (exact) mass is 368 g/mol. The summed E-state index contributed by atoms with van der Waals surface area (Å²) in [6, 6.07) is 5.43. The van der Waals surface area contributed by atoms with Gasteiger partial charge in [-0.1, -0.05) is 6.07 Å². The summed E-state index contributed by atoms with van der Waals surface area (Å²) in [4.78, 5) is 43.5. The normalized spacial score (nSPS) is 19.7. The number of amides is 2. The van der Waals surface area contributed by atoms with Crippen LogP contribution in [0.4, 0.5) is 0 Å². The predicted molar refractivity (Wildman–Crippen MR) is 101 cm³/mol. The van der Waals surface area contributed by atoms with Crippen molar-refractivity contribution in [2.45, 2.75) is 39.0 Å². The lowest BCUT2D eigenvalue weighted by Crippen LogP contribution is -2.45. The quantitative estimate of drug-likeness (QED) is 0.827. The van der Waals surface area contributed by atoms with Gasteiger partial charge in [0, 0.05) is 37.9 Å². The minimum Gasteiger partial charge on any atom is -0.356 e. The number of likely N-dealkylation sites (tertiary alicyclic amines) is 1. The van der Waals surface area contributed by atoms with Crippen molar-refractivity contribution in [3.8, 4) is 0 Å². The average Bonchev–Trinajstić information content (AvgIpc) is 2.84. The van der Waals surface area contributed by atoms with Crippen LogP contribution in [0.1, 0.15) is 48.2 Å². The Balaban J connectivity index is 1.54. The maximum absolute atomic E-state index is 13.0. The minimum absolute atomic E-state index is 0.121. The van der Waals surface area contributed by atoms with Gasteiger partial charge in [0.25, 0.3) is 11.5 Å². The van der Waals surface area contributed by atoms with Crippen LogP contribution in [-0.4, -0.2) is 45.7 Å². The second-order valence-electron chi connectivity index (χ2n) is 7.73. The first-order chi connectivity index (χ1) is 13.0. The van der Waals surface area contributed by atoms with Crippen LogP contribution in [0.5, 0.6) is 0 Å².